The van der Waals surface area contributed by atoms with Crippen molar-refractivity contribution in [3.63, 3.8) is 0 Å². The molecule has 1 saturated carbocycles. The van der Waals surface area contributed by atoms with Crippen molar-refractivity contribution < 1.29 is 4.79 Å². The molecule has 3 aromatic heterocycles. The van der Waals surface area contributed by atoms with Crippen LogP contribution < -0.4 is 5.32 Å². The third kappa shape index (κ3) is 3.59. The largest absolute Gasteiger partial charge is 0.306 e. The standard InChI is InChI=1S/C22H20ClN5OS/c1-12-18-13(2)25-20(15-5-6-15)27-22(18)30-19(12)21(29)26-17-9-10-24-28(17)11-14-3-7-16(23)8-4-14/h3-4,7-10,15H,5-6,11H2,1-2H3,(H,26,29). The van der Waals surface area contributed by atoms with Crippen molar-refractivity contribution in [3.05, 3.63) is 69.1 Å². The van der Waals surface area contributed by atoms with Crippen molar-refractivity contribution in [2.24, 2.45) is 0 Å². The van der Waals surface area contributed by atoms with E-state index in [4.69, 9.17) is 16.6 Å². The number of carbonyl (C=O) groups excluding carboxylic acids is 1. The zero-order valence-corrected chi connectivity index (χ0v) is 18.2. The van der Waals surface area contributed by atoms with E-state index in [-0.39, 0.29) is 5.91 Å². The lowest BCUT2D eigenvalue weighted by atomic mass is 10.1. The lowest BCUT2D eigenvalue weighted by molar-refractivity contribution is 0.102. The molecular weight excluding hydrogens is 418 g/mol. The number of amides is 1. The van der Waals surface area contributed by atoms with Crippen LogP contribution in [0.1, 0.15) is 51.1 Å². The number of carbonyl (C=O) groups is 1. The molecule has 1 aliphatic carbocycles. The van der Waals surface area contributed by atoms with E-state index in [1.54, 1.807) is 16.9 Å². The molecule has 0 atom stereocenters. The Bertz CT molecular complexity index is 1260. The van der Waals surface area contributed by atoms with E-state index >= 15 is 0 Å². The number of fused-ring (bicyclic) bond motifs is 1. The molecule has 4 aromatic rings. The van der Waals surface area contributed by atoms with E-state index in [1.165, 1.54) is 11.3 Å². The van der Waals surface area contributed by atoms with Gasteiger partial charge in [0.05, 0.1) is 23.3 Å². The first-order valence-corrected chi connectivity index (χ1v) is 11.0. The average molecular weight is 438 g/mol. The fourth-order valence-corrected chi connectivity index (χ4v) is 4.86. The minimum absolute atomic E-state index is 0.152. The Morgan fingerprint density at radius 1 is 1.20 bits per heavy atom. The van der Waals surface area contributed by atoms with Crippen molar-refractivity contribution in [2.45, 2.75) is 39.2 Å². The van der Waals surface area contributed by atoms with Crippen LogP contribution in [0.3, 0.4) is 0 Å². The van der Waals surface area contributed by atoms with Crippen molar-refractivity contribution in [1.29, 1.82) is 0 Å². The van der Waals surface area contributed by atoms with Crippen LogP contribution in [0.25, 0.3) is 10.2 Å². The fourth-order valence-electron chi connectivity index (χ4n) is 3.60. The summed E-state index contributed by atoms with van der Waals surface area (Å²) in [5.74, 6) is 1.89. The number of halogens is 1. The van der Waals surface area contributed by atoms with Crippen LogP contribution >= 0.6 is 22.9 Å². The van der Waals surface area contributed by atoms with Crippen molar-refractivity contribution in [1.82, 2.24) is 19.7 Å². The number of thiophene rings is 1. The third-order valence-electron chi connectivity index (χ3n) is 5.34. The highest BCUT2D eigenvalue weighted by Gasteiger charge is 2.28. The van der Waals surface area contributed by atoms with Gasteiger partial charge in [0.1, 0.15) is 16.5 Å². The first kappa shape index (κ1) is 19.2. The van der Waals surface area contributed by atoms with Gasteiger partial charge in [-0.15, -0.1) is 11.3 Å². The molecule has 0 unspecified atom stereocenters. The maximum atomic E-state index is 13.1. The SMILES string of the molecule is Cc1nc(C2CC2)nc2sc(C(=O)Nc3ccnn3Cc3ccc(Cl)cc3)c(C)c12. The highest BCUT2D eigenvalue weighted by molar-refractivity contribution is 7.20. The van der Waals surface area contributed by atoms with Gasteiger partial charge in [-0.2, -0.15) is 5.10 Å². The molecule has 1 amide bonds. The van der Waals surface area contributed by atoms with Crippen LogP contribution in [-0.4, -0.2) is 25.7 Å². The number of aromatic nitrogens is 4. The van der Waals surface area contributed by atoms with E-state index in [2.05, 4.69) is 15.4 Å². The summed E-state index contributed by atoms with van der Waals surface area (Å²) in [5.41, 5.74) is 2.92. The molecule has 1 N–H and O–H groups in total. The van der Waals surface area contributed by atoms with Crippen molar-refractivity contribution in [3.8, 4) is 0 Å². The maximum Gasteiger partial charge on any atom is 0.267 e. The number of rotatable bonds is 5. The molecule has 0 aliphatic heterocycles. The quantitative estimate of drug-likeness (QED) is 0.457. The Kier molecular flexibility index (Phi) is 4.79. The molecule has 0 saturated heterocycles. The fraction of sp³-hybridized carbons (Fsp3) is 0.273. The molecule has 0 radical (unpaired) electrons. The summed E-state index contributed by atoms with van der Waals surface area (Å²) in [5, 5.41) is 9.04. The zero-order valence-electron chi connectivity index (χ0n) is 16.6. The number of nitrogens with zero attached hydrogens (tertiary/aromatic N) is 4. The minimum Gasteiger partial charge on any atom is -0.306 e. The van der Waals surface area contributed by atoms with Gasteiger partial charge in [0, 0.05) is 22.4 Å². The lowest BCUT2D eigenvalue weighted by Gasteiger charge is -2.09. The van der Waals surface area contributed by atoms with Gasteiger partial charge in [-0.05, 0) is 49.9 Å². The van der Waals surface area contributed by atoms with Crippen molar-refractivity contribution >= 4 is 44.9 Å². The first-order chi connectivity index (χ1) is 14.5. The maximum absolute atomic E-state index is 13.1. The number of hydrogen-bond donors (Lipinski definition) is 1. The molecule has 1 fully saturated rings. The lowest BCUT2D eigenvalue weighted by Crippen LogP contribution is -2.16. The predicted molar refractivity (Wildman–Crippen MR) is 120 cm³/mol. The second-order valence-electron chi connectivity index (χ2n) is 7.63. The zero-order chi connectivity index (χ0) is 20.8. The molecular formula is C22H20ClN5OS. The van der Waals surface area contributed by atoms with Crippen LogP contribution in [0.4, 0.5) is 5.82 Å². The molecule has 5 rings (SSSR count). The average Bonchev–Trinajstić information content (AvgIpc) is 3.40. The van der Waals surface area contributed by atoms with E-state index in [0.29, 0.717) is 28.2 Å². The number of hydrogen-bond acceptors (Lipinski definition) is 5. The second kappa shape index (κ2) is 7.49. The van der Waals surface area contributed by atoms with E-state index < -0.39 is 0 Å². The first-order valence-electron chi connectivity index (χ1n) is 9.85. The van der Waals surface area contributed by atoms with Crippen LogP contribution in [0.5, 0.6) is 0 Å². The smallest absolute Gasteiger partial charge is 0.267 e. The van der Waals surface area contributed by atoms with Gasteiger partial charge >= 0.3 is 0 Å². The Morgan fingerprint density at radius 3 is 2.70 bits per heavy atom. The second-order valence-corrected chi connectivity index (χ2v) is 9.07. The van der Waals surface area contributed by atoms with E-state index in [0.717, 1.165) is 45.7 Å². The molecule has 3 heterocycles. The number of aryl methyl sites for hydroxylation is 2. The number of nitrogens with one attached hydrogen (secondary N) is 1. The predicted octanol–water partition coefficient (Wildman–Crippen LogP) is 5.34. The molecule has 0 bridgehead atoms. The molecule has 152 valence electrons. The van der Waals surface area contributed by atoms with Gasteiger partial charge in [0.25, 0.3) is 5.91 Å². The number of anilines is 1. The van der Waals surface area contributed by atoms with Gasteiger partial charge in [-0.1, -0.05) is 23.7 Å². The van der Waals surface area contributed by atoms with E-state index in [9.17, 15) is 4.79 Å². The van der Waals surface area contributed by atoms with Crippen LogP contribution in [0.2, 0.25) is 5.02 Å². The summed E-state index contributed by atoms with van der Waals surface area (Å²) in [4.78, 5) is 24.1. The highest BCUT2D eigenvalue weighted by Crippen LogP contribution is 2.40. The molecule has 1 aromatic carbocycles. The van der Waals surface area contributed by atoms with Crippen molar-refractivity contribution in [2.75, 3.05) is 5.32 Å². The topological polar surface area (TPSA) is 72.7 Å². The van der Waals surface area contributed by atoms with Gasteiger partial charge in [0.2, 0.25) is 0 Å². The Morgan fingerprint density at radius 2 is 1.97 bits per heavy atom. The Hall–Kier alpha value is -2.77. The summed E-state index contributed by atoms with van der Waals surface area (Å²) in [6.45, 7) is 4.50. The summed E-state index contributed by atoms with van der Waals surface area (Å²) in [6.07, 6.45) is 3.99. The minimum atomic E-state index is -0.152. The van der Waals surface area contributed by atoms with Crippen LogP contribution in [-0.2, 0) is 6.54 Å². The van der Waals surface area contributed by atoms with Gasteiger partial charge < -0.3 is 5.32 Å². The molecule has 0 spiro atoms. The van der Waals surface area contributed by atoms with Gasteiger partial charge in [0.15, 0.2) is 0 Å². The Balaban J connectivity index is 1.41. The third-order valence-corrected chi connectivity index (χ3v) is 6.78. The Labute approximate surface area is 182 Å². The van der Waals surface area contributed by atoms with E-state index in [1.807, 2.05) is 38.1 Å². The van der Waals surface area contributed by atoms with Gasteiger partial charge in [-0.3, -0.25) is 4.79 Å². The summed E-state index contributed by atoms with van der Waals surface area (Å²) in [7, 11) is 0. The molecule has 6 nitrogen and oxygen atoms in total. The molecule has 8 heteroatoms. The monoisotopic (exact) mass is 437 g/mol. The highest BCUT2D eigenvalue weighted by atomic mass is 35.5. The van der Waals surface area contributed by atoms with Gasteiger partial charge in [-0.25, -0.2) is 14.6 Å². The molecule has 1 aliphatic rings. The molecule has 30 heavy (non-hydrogen) atoms. The normalized spacial score (nSPS) is 13.7. The number of benzene rings is 1. The summed E-state index contributed by atoms with van der Waals surface area (Å²) >= 11 is 7.39. The summed E-state index contributed by atoms with van der Waals surface area (Å²) in [6, 6.07) is 9.39. The van der Waals surface area contributed by atoms with Crippen LogP contribution in [0.15, 0.2) is 36.5 Å². The van der Waals surface area contributed by atoms with Crippen LogP contribution in [0, 0.1) is 13.8 Å². The summed E-state index contributed by atoms with van der Waals surface area (Å²) < 4.78 is 1.76.